The van der Waals surface area contributed by atoms with Crippen molar-refractivity contribution in [3.8, 4) is 22.3 Å². The minimum Gasteiger partial charge on any atom is -0.456 e. The highest BCUT2D eigenvalue weighted by Crippen LogP contribution is 2.62. The summed E-state index contributed by atoms with van der Waals surface area (Å²) in [7, 11) is 0. The van der Waals surface area contributed by atoms with Crippen LogP contribution in [0.4, 0.5) is 34.1 Å². The van der Waals surface area contributed by atoms with Gasteiger partial charge in [0.05, 0.1) is 16.5 Å². The van der Waals surface area contributed by atoms with Crippen molar-refractivity contribution >= 4 is 67.8 Å². The molecule has 1 aliphatic carbocycles. The molecule has 2 aliphatic rings. The van der Waals surface area contributed by atoms with Gasteiger partial charge in [0.2, 0.25) is 0 Å². The highest BCUT2D eigenvalue weighted by molar-refractivity contribution is 7.99. The summed E-state index contributed by atoms with van der Waals surface area (Å²) in [6.07, 6.45) is 0. The zero-order valence-corrected chi connectivity index (χ0v) is 36.1. The van der Waals surface area contributed by atoms with Gasteiger partial charge in [0, 0.05) is 43.6 Å². The molecular formula is C61H40N2OS. The van der Waals surface area contributed by atoms with E-state index >= 15 is 0 Å². The maximum absolute atomic E-state index is 6.55. The number of nitrogens with zero attached hydrogens (tertiary/aromatic N) is 2. The van der Waals surface area contributed by atoms with E-state index in [4.69, 9.17) is 4.42 Å². The molecule has 2 heterocycles. The quantitative estimate of drug-likeness (QED) is 0.159. The third-order valence-corrected chi connectivity index (χ3v) is 14.5. The molecule has 11 aromatic rings. The number of benzene rings is 10. The number of rotatable bonds is 7. The van der Waals surface area contributed by atoms with Crippen LogP contribution in [0.2, 0.25) is 0 Å². The monoisotopic (exact) mass is 848 g/mol. The summed E-state index contributed by atoms with van der Waals surface area (Å²) in [5, 5.41) is 2.17. The predicted octanol–water partition coefficient (Wildman–Crippen LogP) is 17.0. The van der Waals surface area contributed by atoms with Gasteiger partial charge in [0.15, 0.2) is 0 Å². The van der Waals surface area contributed by atoms with Crippen molar-refractivity contribution < 1.29 is 4.42 Å². The molecule has 306 valence electrons. The van der Waals surface area contributed by atoms with Gasteiger partial charge in [-0.1, -0.05) is 157 Å². The zero-order chi connectivity index (χ0) is 42.9. The lowest BCUT2D eigenvalue weighted by Crippen LogP contribution is -2.32. The molecule has 0 fully saturated rings. The second kappa shape index (κ2) is 15.0. The van der Waals surface area contributed by atoms with Gasteiger partial charge in [0.25, 0.3) is 0 Å². The molecule has 0 saturated heterocycles. The predicted molar refractivity (Wildman–Crippen MR) is 270 cm³/mol. The van der Waals surface area contributed by atoms with Gasteiger partial charge in [-0.15, -0.1) is 0 Å². The molecule has 1 aromatic heterocycles. The minimum atomic E-state index is -0.457. The number of para-hydroxylation sites is 3. The van der Waals surface area contributed by atoms with Gasteiger partial charge in [-0.2, -0.15) is 0 Å². The number of anilines is 6. The summed E-state index contributed by atoms with van der Waals surface area (Å²) in [5.74, 6) is 0. The standard InChI is InChI=1S/C61H40N2OS/c1-4-17-43(18-5-1)62(47-36-37-49-48-23-10-11-24-51(48)61(54(49)40-47)52-25-12-14-29-58(52)65-59-30-15-13-26-53(59)61)46-34-31-41(32-35-46)42-33-38-56-50(39-42)60-55(27-16-28-57(60)64-56)63(44-19-6-2-7-20-44)45-21-8-3-9-22-45/h1-40H. The van der Waals surface area contributed by atoms with E-state index in [1.165, 1.54) is 43.2 Å². The highest BCUT2D eigenvalue weighted by atomic mass is 32.2. The van der Waals surface area contributed by atoms with Gasteiger partial charge >= 0.3 is 0 Å². The first kappa shape index (κ1) is 37.5. The Hall–Kier alpha value is -8.05. The van der Waals surface area contributed by atoms with Gasteiger partial charge in [0.1, 0.15) is 11.2 Å². The molecule has 0 radical (unpaired) electrons. The lowest BCUT2D eigenvalue weighted by Gasteiger charge is -2.40. The van der Waals surface area contributed by atoms with Crippen LogP contribution in [0, 0.1) is 0 Å². The third-order valence-electron chi connectivity index (χ3n) is 13.3. The molecule has 0 atom stereocenters. The number of hydrogen-bond acceptors (Lipinski definition) is 4. The van der Waals surface area contributed by atoms with Crippen molar-refractivity contribution in [3.63, 3.8) is 0 Å². The Kier molecular flexibility index (Phi) is 8.68. The Morgan fingerprint density at radius 2 is 0.862 bits per heavy atom. The number of hydrogen-bond donors (Lipinski definition) is 0. The summed E-state index contributed by atoms with van der Waals surface area (Å²) in [6.45, 7) is 0. The topological polar surface area (TPSA) is 19.6 Å². The second-order valence-corrected chi connectivity index (χ2v) is 17.9. The smallest absolute Gasteiger partial charge is 0.137 e. The fourth-order valence-corrected chi connectivity index (χ4v) is 11.8. The summed E-state index contributed by atoms with van der Waals surface area (Å²) < 4.78 is 6.55. The number of fused-ring (bicyclic) bond motifs is 12. The van der Waals surface area contributed by atoms with Crippen LogP contribution in [0.1, 0.15) is 22.3 Å². The van der Waals surface area contributed by atoms with E-state index in [9.17, 15) is 0 Å². The molecule has 1 spiro atoms. The van der Waals surface area contributed by atoms with Crippen LogP contribution in [0.3, 0.4) is 0 Å². The molecule has 0 saturated carbocycles. The van der Waals surface area contributed by atoms with E-state index in [0.717, 1.165) is 67.2 Å². The SMILES string of the molecule is c1ccc(N(c2ccc(-c3ccc4oc5cccc(N(c6ccccc6)c6ccccc6)c5c4c3)cc2)c2ccc3c(c2)C2(c4ccccc4Sc4ccccc42)c2ccccc2-3)cc1. The van der Waals surface area contributed by atoms with Crippen LogP contribution in [-0.2, 0) is 5.41 Å². The van der Waals surface area contributed by atoms with E-state index in [1.54, 1.807) is 0 Å². The van der Waals surface area contributed by atoms with Crippen molar-refractivity contribution in [1.29, 1.82) is 0 Å². The first-order valence-corrected chi connectivity index (χ1v) is 23.0. The average Bonchev–Trinajstić information content (AvgIpc) is 3.89. The largest absolute Gasteiger partial charge is 0.456 e. The van der Waals surface area contributed by atoms with E-state index in [1.807, 2.05) is 11.8 Å². The van der Waals surface area contributed by atoms with Gasteiger partial charge < -0.3 is 14.2 Å². The van der Waals surface area contributed by atoms with Crippen LogP contribution in [0.25, 0.3) is 44.2 Å². The fourth-order valence-electron chi connectivity index (χ4n) is 10.6. The molecule has 0 bridgehead atoms. The van der Waals surface area contributed by atoms with Crippen molar-refractivity contribution in [2.24, 2.45) is 0 Å². The van der Waals surface area contributed by atoms with Gasteiger partial charge in [-0.05, 0) is 142 Å². The number of furan rings is 1. The second-order valence-electron chi connectivity index (χ2n) is 16.8. The normalized spacial score (nSPS) is 13.0. The molecule has 3 nitrogen and oxygen atoms in total. The van der Waals surface area contributed by atoms with E-state index in [2.05, 4.69) is 252 Å². The lowest BCUT2D eigenvalue weighted by atomic mass is 9.67. The molecule has 0 unspecified atom stereocenters. The average molecular weight is 849 g/mol. The van der Waals surface area contributed by atoms with Crippen molar-refractivity contribution in [3.05, 3.63) is 265 Å². The summed E-state index contributed by atoms with van der Waals surface area (Å²) in [4.78, 5) is 7.33. The van der Waals surface area contributed by atoms with E-state index in [-0.39, 0.29) is 0 Å². The van der Waals surface area contributed by atoms with Crippen molar-refractivity contribution in [2.75, 3.05) is 9.80 Å². The molecule has 65 heavy (non-hydrogen) atoms. The van der Waals surface area contributed by atoms with Gasteiger partial charge in [-0.3, -0.25) is 0 Å². The van der Waals surface area contributed by atoms with Crippen LogP contribution < -0.4 is 9.80 Å². The fraction of sp³-hybridized carbons (Fsp3) is 0.0164. The molecule has 13 rings (SSSR count). The first-order chi connectivity index (χ1) is 32.2. The minimum absolute atomic E-state index is 0.457. The first-order valence-electron chi connectivity index (χ1n) is 22.2. The summed E-state index contributed by atoms with van der Waals surface area (Å²) >= 11 is 1.88. The third kappa shape index (κ3) is 5.84. The van der Waals surface area contributed by atoms with Crippen LogP contribution in [0.15, 0.2) is 257 Å². The molecule has 0 amide bonds. The zero-order valence-electron chi connectivity index (χ0n) is 35.3. The Labute approximate surface area is 382 Å². The highest BCUT2D eigenvalue weighted by Gasteiger charge is 2.50. The van der Waals surface area contributed by atoms with Crippen LogP contribution in [0.5, 0.6) is 0 Å². The summed E-state index contributed by atoms with van der Waals surface area (Å²) in [5.41, 5.74) is 18.0. The Morgan fingerprint density at radius 3 is 1.52 bits per heavy atom. The van der Waals surface area contributed by atoms with E-state index in [0.29, 0.717) is 0 Å². The van der Waals surface area contributed by atoms with E-state index < -0.39 is 5.41 Å². The molecule has 4 heteroatoms. The Bertz CT molecular complexity index is 3500. The van der Waals surface area contributed by atoms with Gasteiger partial charge in [-0.25, -0.2) is 0 Å². The van der Waals surface area contributed by atoms with Crippen LogP contribution in [-0.4, -0.2) is 0 Å². The van der Waals surface area contributed by atoms with Crippen molar-refractivity contribution in [1.82, 2.24) is 0 Å². The molecule has 10 aromatic carbocycles. The lowest BCUT2D eigenvalue weighted by molar-refractivity contribution is 0.669. The maximum Gasteiger partial charge on any atom is 0.137 e. The van der Waals surface area contributed by atoms with Crippen LogP contribution >= 0.6 is 11.8 Å². The molecule has 1 aliphatic heterocycles. The Balaban J connectivity index is 0.940. The molecule has 0 N–H and O–H groups in total. The Morgan fingerprint density at radius 1 is 0.338 bits per heavy atom. The van der Waals surface area contributed by atoms with Crippen molar-refractivity contribution in [2.45, 2.75) is 15.2 Å². The summed E-state index contributed by atoms with van der Waals surface area (Å²) in [6, 6.07) is 88.0. The maximum atomic E-state index is 6.55. The molecular weight excluding hydrogens is 809 g/mol.